The highest BCUT2D eigenvalue weighted by atomic mass is 16.2. The summed E-state index contributed by atoms with van der Waals surface area (Å²) in [7, 11) is 0. The second kappa shape index (κ2) is 7.90. The van der Waals surface area contributed by atoms with Crippen LogP contribution in [0, 0.1) is 0 Å². The minimum Gasteiger partial charge on any atom is -0.326 e. The molecule has 33 heavy (non-hydrogen) atoms. The van der Waals surface area contributed by atoms with Gasteiger partial charge in [-0.25, -0.2) is 0 Å². The van der Waals surface area contributed by atoms with Gasteiger partial charge >= 0.3 is 0 Å². The molecule has 0 spiro atoms. The molecule has 0 aromatic heterocycles. The smallest absolute Gasteiger partial charge is 0.260 e. The van der Waals surface area contributed by atoms with Crippen LogP contribution in [0.2, 0.25) is 0 Å². The van der Waals surface area contributed by atoms with Gasteiger partial charge in [0.25, 0.3) is 11.8 Å². The highest BCUT2D eigenvalue weighted by molar-refractivity contribution is 6.17. The number of benzene rings is 3. The van der Waals surface area contributed by atoms with Gasteiger partial charge in [0.1, 0.15) is 12.7 Å². The summed E-state index contributed by atoms with van der Waals surface area (Å²) in [5, 5.41) is 5.44. The second-order valence-electron chi connectivity index (χ2n) is 7.89. The quantitative estimate of drug-likeness (QED) is 0.650. The first-order chi connectivity index (χ1) is 15.9. The Hall–Kier alpha value is -4.46. The molecule has 0 bridgehead atoms. The van der Waals surface area contributed by atoms with Gasteiger partial charge in [0.05, 0.1) is 11.3 Å². The summed E-state index contributed by atoms with van der Waals surface area (Å²) in [6, 6.07) is 20.7. The monoisotopic (exact) mass is 440 g/mol. The largest absolute Gasteiger partial charge is 0.326 e. The van der Waals surface area contributed by atoms with Crippen molar-refractivity contribution in [1.82, 2.24) is 4.90 Å². The molecule has 2 aliphatic heterocycles. The molecular formula is C25H20N4O4. The molecule has 0 saturated carbocycles. The first kappa shape index (κ1) is 20.4. The number of carbonyl (C=O) groups is 4. The van der Waals surface area contributed by atoms with Crippen molar-refractivity contribution >= 4 is 40.7 Å². The van der Waals surface area contributed by atoms with Crippen molar-refractivity contribution in [2.24, 2.45) is 0 Å². The highest BCUT2D eigenvalue weighted by Crippen LogP contribution is 2.44. The van der Waals surface area contributed by atoms with Crippen molar-refractivity contribution in [2.75, 3.05) is 22.1 Å². The Morgan fingerprint density at radius 3 is 2.09 bits per heavy atom. The van der Waals surface area contributed by atoms with E-state index < -0.39 is 12.1 Å². The number of anilines is 3. The average Bonchev–Trinajstić information content (AvgIpc) is 3.10. The third-order valence-electron chi connectivity index (χ3n) is 5.69. The van der Waals surface area contributed by atoms with Crippen LogP contribution in [0.3, 0.4) is 0 Å². The Morgan fingerprint density at radius 1 is 0.788 bits per heavy atom. The predicted octanol–water partition coefficient (Wildman–Crippen LogP) is 3.40. The normalized spacial score (nSPS) is 16.1. The van der Waals surface area contributed by atoms with Gasteiger partial charge in [-0.05, 0) is 42.5 Å². The third-order valence-corrected chi connectivity index (χ3v) is 5.69. The second-order valence-corrected chi connectivity index (χ2v) is 7.89. The molecule has 3 aromatic rings. The van der Waals surface area contributed by atoms with Gasteiger partial charge in [0, 0.05) is 29.4 Å². The Bertz CT molecular complexity index is 1300. The molecule has 3 aromatic carbocycles. The molecule has 164 valence electrons. The van der Waals surface area contributed by atoms with Gasteiger partial charge in [0.2, 0.25) is 11.8 Å². The lowest BCUT2D eigenvalue weighted by Crippen LogP contribution is -2.50. The molecule has 4 amide bonds. The SMILES string of the molecule is CC(=O)Nc1ccc(NC(=O)CN2C(=O)c3ccccc3N3C(=O)c4ccccc4[C@@H]23)cc1. The van der Waals surface area contributed by atoms with Crippen LogP contribution >= 0.6 is 0 Å². The van der Waals surface area contributed by atoms with Crippen LogP contribution < -0.4 is 15.5 Å². The van der Waals surface area contributed by atoms with Crippen LogP contribution in [0.1, 0.15) is 39.4 Å². The van der Waals surface area contributed by atoms with Gasteiger partial charge in [-0.2, -0.15) is 0 Å². The maximum atomic E-state index is 13.4. The summed E-state index contributed by atoms with van der Waals surface area (Å²) in [5.74, 6) is -1.10. The van der Waals surface area contributed by atoms with E-state index in [1.54, 1.807) is 65.6 Å². The summed E-state index contributed by atoms with van der Waals surface area (Å²) < 4.78 is 0. The number of nitrogens with zero attached hydrogens (tertiary/aromatic N) is 2. The van der Waals surface area contributed by atoms with Gasteiger partial charge in [0.15, 0.2) is 0 Å². The van der Waals surface area contributed by atoms with Crippen molar-refractivity contribution in [3.8, 4) is 0 Å². The molecule has 5 rings (SSSR count). The Balaban J connectivity index is 1.44. The van der Waals surface area contributed by atoms with E-state index in [1.165, 1.54) is 11.8 Å². The molecular weight excluding hydrogens is 420 g/mol. The highest BCUT2D eigenvalue weighted by Gasteiger charge is 2.48. The van der Waals surface area contributed by atoms with Crippen molar-refractivity contribution in [1.29, 1.82) is 0 Å². The standard InChI is InChI=1S/C25H20N4O4/c1-15(30)26-16-10-12-17(13-11-16)27-22(31)14-28-23-18-6-2-3-7-19(18)25(33)29(23)21-9-5-4-8-20(21)24(28)32/h2-13,23H,14H2,1H3,(H,26,30)(H,27,31)/t23-/m0/s1. The lowest BCUT2D eigenvalue weighted by Gasteiger charge is -2.40. The number of fused-ring (bicyclic) bond motifs is 5. The topological polar surface area (TPSA) is 98.8 Å². The number of hydrogen-bond acceptors (Lipinski definition) is 4. The van der Waals surface area contributed by atoms with Crippen molar-refractivity contribution in [2.45, 2.75) is 13.1 Å². The van der Waals surface area contributed by atoms with Crippen LogP contribution in [0.4, 0.5) is 17.1 Å². The summed E-state index contributed by atoms with van der Waals surface area (Å²) in [6.45, 7) is 1.18. The number of amides is 4. The van der Waals surface area contributed by atoms with E-state index >= 15 is 0 Å². The van der Waals surface area contributed by atoms with Crippen LogP contribution in [0.15, 0.2) is 72.8 Å². The Kier molecular flexibility index (Phi) is 4.90. The van der Waals surface area contributed by atoms with Crippen LogP contribution in [-0.4, -0.2) is 35.1 Å². The summed E-state index contributed by atoms with van der Waals surface area (Å²) in [6.07, 6.45) is -0.691. The molecule has 1 atom stereocenters. The van der Waals surface area contributed by atoms with Crippen molar-refractivity contribution < 1.29 is 19.2 Å². The van der Waals surface area contributed by atoms with Gasteiger partial charge in [-0.1, -0.05) is 30.3 Å². The lowest BCUT2D eigenvalue weighted by atomic mass is 10.0. The predicted molar refractivity (Wildman–Crippen MR) is 123 cm³/mol. The number of para-hydroxylation sites is 1. The fourth-order valence-electron chi connectivity index (χ4n) is 4.33. The van der Waals surface area contributed by atoms with Gasteiger partial charge < -0.3 is 15.5 Å². The molecule has 0 radical (unpaired) electrons. The van der Waals surface area contributed by atoms with E-state index in [-0.39, 0.29) is 24.3 Å². The van der Waals surface area contributed by atoms with E-state index in [2.05, 4.69) is 10.6 Å². The fraction of sp³-hybridized carbons (Fsp3) is 0.120. The summed E-state index contributed by atoms with van der Waals surface area (Å²) in [4.78, 5) is 53.6. The molecule has 0 fully saturated rings. The number of carbonyl (C=O) groups excluding carboxylic acids is 4. The fourth-order valence-corrected chi connectivity index (χ4v) is 4.33. The van der Waals surface area contributed by atoms with Crippen LogP contribution in [0.5, 0.6) is 0 Å². The minimum absolute atomic E-state index is 0.188. The number of hydrogen-bond donors (Lipinski definition) is 2. The van der Waals surface area contributed by atoms with Crippen molar-refractivity contribution in [3.63, 3.8) is 0 Å². The molecule has 0 saturated heterocycles. The third kappa shape index (κ3) is 3.51. The molecule has 2 N–H and O–H groups in total. The zero-order chi connectivity index (χ0) is 23.1. The van der Waals surface area contributed by atoms with Crippen LogP contribution in [-0.2, 0) is 9.59 Å². The van der Waals surface area contributed by atoms with E-state index in [0.29, 0.717) is 33.8 Å². The molecule has 8 heteroatoms. The number of nitrogens with one attached hydrogen (secondary N) is 2. The van der Waals surface area contributed by atoms with Gasteiger partial charge in [-0.3, -0.25) is 24.1 Å². The van der Waals surface area contributed by atoms with E-state index in [0.717, 1.165) is 0 Å². The average molecular weight is 440 g/mol. The molecule has 2 aliphatic rings. The molecule has 2 heterocycles. The minimum atomic E-state index is -0.691. The summed E-state index contributed by atoms with van der Waals surface area (Å²) >= 11 is 0. The Morgan fingerprint density at radius 2 is 1.39 bits per heavy atom. The van der Waals surface area contributed by atoms with Gasteiger partial charge in [-0.15, -0.1) is 0 Å². The number of rotatable bonds is 4. The molecule has 0 unspecified atom stereocenters. The van der Waals surface area contributed by atoms with Crippen LogP contribution in [0.25, 0.3) is 0 Å². The Labute approximate surface area is 189 Å². The first-order valence-electron chi connectivity index (χ1n) is 10.4. The van der Waals surface area contributed by atoms with Crippen molar-refractivity contribution in [3.05, 3.63) is 89.5 Å². The maximum Gasteiger partial charge on any atom is 0.260 e. The molecule has 8 nitrogen and oxygen atoms in total. The summed E-state index contributed by atoms with van der Waals surface area (Å²) in [5.41, 5.74) is 3.27. The maximum absolute atomic E-state index is 13.4. The zero-order valence-electron chi connectivity index (χ0n) is 17.7. The lowest BCUT2D eigenvalue weighted by molar-refractivity contribution is -0.117. The first-order valence-corrected chi connectivity index (χ1v) is 10.4. The van der Waals surface area contributed by atoms with E-state index in [9.17, 15) is 19.2 Å². The molecule has 0 aliphatic carbocycles. The zero-order valence-corrected chi connectivity index (χ0v) is 17.7. The van der Waals surface area contributed by atoms with E-state index in [4.69, 9.17) is 0 Å². The van der Waals surface area contributed by atoms with E-state index in [1.807, 2.05) is 12.1 Å².